The van der Waals surface area contributed by atoms with Crippen molar-refractivity contribution in [1.82, 2.24) is 29.8 Å². The molecule has 3 aromatic heterocycles. The number of benzene rings is 1. The van der Waals surface area contributed by atoms with Gasteiger partial charge in [0.25, 0.3) is 5.92 Å². The van der Waals surface area contributed by atoms with Crippen LogP contribution in [0.1, 0.15) is 74.8 Å². The van der Waals surface area contributed by atoms with Crippen molar-refractivity contribution < 1.29 is 23.1 Å². The first-order chi connectivity index (χ1) is 18.8. The van der Waals surface area contributed by atoms with E-state index in [-0.39, 0.29) is 23.7 Å². The number of hydrogen-bond acceptors (Lipinski definition) is 7. The number of carboxylic acid groups (broad SMARTS) is 1. The van der Waals surface area contributed by atoms with Crippen LogP contribution < -0.4 is 5.32 Å². The first-order valence-corrected chi connectivity index (χ1v) is 13.0. The number of carboxylic acids is 1. The summed E-state index contributed by atoms with van der Waals surface area (Å²) in [5.41, 5.74) is 0.538. The van der Waals surface area contributed by atoms with Crippen molar-refractivity contribution >= 4 is 11.8 Å². The Hall–Kier alpha value is -4.09. The molecule has 39 heavy (non-hydrogen) atoms. The number of halogens is 2. The van der Waals surface area contributed by atoms with Crippen LogP contribution in [0.3, 0.4) is 0 Å². The number of rotatable bonds is 14. The van der Waals surface area contributed by atoms with Crippen molar-refractivity contribution in [1.29, 1.82) is 0 Å². The first kappa shape index (κ1) is 29.5. The largest absolute Gasteiger partial charge is 0.476 e. The molecular formula is C27H35F2N7O3. The molecule has 0 aliphatic carbocycles. The van der Waals surface area contributed by atoms with Crippen LogP contribution in [0.5, 0.6) is 0 Å². The van der Waals surface area contributed by atoms with E-state index in [4.69, 9.17) is 9.52 Å². The Bertz CT molecular complexity index is 1270. The molecule has 10 nitrogen and oxygen atoms in total. The maximum atomic E-state index is 13.2. The van der Waals surface area contributed by atoms with Crippen LogP contribution in [0.25, 0.3) is 11.3 Å². The summed E-state index contributed by atoms with van der Waals surface area (Å²) in [5.74, 6) is -2.99. The van der Waals surface area contributed by atoms with Gasteiger partial charge in [0.15, 0.2) is 30.3 Å². The normalized spacial score (nSPS) is 11.2. The van der Waals surface area contributed by atoms with Gasteiger partial charge in [0, 0.05) is 25.2 Å². The Kier molecular flexibility index (Phi) is 11.1. The molecule has 0 spiro atoms. The molecule has 0 unspecified atom stereocenters. The smallest absolute Gasteiger partial charge is 0.358 e. The number of alkyl halides is 2. The Morgan fingerprint density at radius 1 is 1.05 bits per heavy atom. The zero-order valence-corrected chi connectivity index (χ0v) is 22.3. The van der Waals surface area contributed by atoms with Gasteiger partial charge in [-0.25, -0.2) is 23.2 Å². The number of hydrogen-bond donors (Lipinski definition) is 2. The van der Waals surface area contributed by atoms with Gasteiger partial charge in [-0.15, -0.1) is 5.10 Å². The topological polar surface area (TPSA) is 124 Å². The number of nitrogens with one attached hydrogen (secondary N) is 1. The molecule has 0 atom stereocenters. The number of aromatic carboxylic acids is 1. The van der Waals surface area contributed by atoms with Gasteiger partial charge >= 0.3 is 5.97 Å². The van der Waals surface area contributed by atoms with Crippen LogP contribution in [0.4, 0.5) is 14.6 Å². The second kappa shape index (κ2) is 14.7. The minimum atomic E-state index is -2.89. The Balaban J connectivity index is 0.000000252. The fourth-order valence-corrected chi connectivity index (χ4v) is 3.74. The number of carbonyl (C=O) groups is 1. The summed E-state index contributed by atoms with van der Waals surface area (Å²) in [5, 5.41) is 24.4. The average molecular weight is 544 g/mol. The third-order valence-electron chi connectivity index (χ3n) is 5.84. The molecular weight excluding hydrogens is 508 g/mol. The molecule has 4 rings (SSSR count). The van der Waals surface area contributed by atoms with Crippen LogP contribution >= 0.6 is 0 Å². The summed E-state index contributed by atoms with van der Waals surface area (Å²) in [6.45, 7) is 4.14. The van der Waals surface area contributed by atoms with Gasteiger partial charge in [0.05, 0.1) is 18.0 Å². The molecule has 1 aromatic carbocycles. The SMILES string of the molecule is CCCCCCCCCNc1cnn(Cn2cc(C(C)(F)F)cn2)n1.O=C(O)c1ncoc1-c1ccccc1. The van der Waals surface area contributed by atoms with Gasteiger partial charge in [-0.2, -0.15) is 15.0 Å². The maximum Gasteiger partial charge on any atom is 0.358 e. The van der Waals surface area contributed by atoms with E-state index in [0.717, 1.165) is 26.3 Å². The monoisotopic (exact) mass is 543 g/mol. The Morgan fingerprint density at radius 2 is 1.77 bits per heavy atom. The van der Waals surface area contributed by atoms with Crippen LogP contribution in [-0.2, 0) is 12.6 Å². The quantitative estimate of drug-likeness (QED) is 0.178. The lowest BCUT2D eigenvalue weighted by atomic mass is 10.1. The van der Waals surface area contributed by atoms with Crippen LogP contribution in [0.2, 0.25) is 0 Å². The minimum Gasteiger partial charge on any atom is -0.476 e. The molecule has 2 N–H and O–H groups in total. The molecule has 0 amide bonds. The standard InChI is InChI=1S/C17H28F2N6.C10H7NO3/c1-3-4-5-6-7-8-9-10-20-16-12-22-25(23-16)14-24-13-15(11-21-24)17(2,18)19;12-10(13)8-9(14-6-11-8)7-4-2-1-3-5-7/h11-13H,3-10,14H2,1-2H3,(H,20,23);1-6H,(H,12,13). The maximum absolute atomic E-state index is 13.2. The lowest BCUT2D eigenvalue weighted by molar-refractivity contribution is 0.0173. The summed E-state index contributed by atoms with van der Waals surface area (Å²) in [7, 11) is 0. The number of unbranched alkanes of at least 4 members (excludes halogenated alkanes) is 6. The molecule has 3 heterocycles. The number of nitrogens with zero attached hydrogens (tertiary/aromatic N) is 6. The van der Waals surface area contributed by atoms with Crippen LogP contribution in [0.15, 0.2) is 59.7 Å². The van der Waals surface area contributed by atoms with Crippen LogP contribution in [0, 0.1) is 0 Å². The predicted molar refractivity (Wildman–Crippen MR) is 143 cm³/mol. The molecule has 0 saturated heterocycles. The highest BCUT2D eigenvalue weighted by atomic mass is 19.3. The van der Waals surface area contributed by atoms with Gasteiger partial charge in [0.2, 0.25) is 0 Å². The molecule has 210 valence electrons. The van der Waals surface area contributed by atoms with Crippen molar-refractivity contribution in [2.75, 3.05) is 11.9 Å². The molecule has 0 fully saturated rings. The molecule has 4 aromatic rings. The van der Waals surface area contributed by atoms with Gasteiger partial charge in [-0.3, -0.25) is 0 Å². The summed E-state index contributed by atoms with van der Waals surface area (Å²) < 4.78 is 32.8. The van der Waals surface area contributed by atoms with Gasteiger partial charge in [0.1, 0.15) is 0 Å². The van der Waals surface area contributed by atoms with Crippen molar-refractivity contribution in [2.45, 2.75) is 71.4 Å². The van der Waals surface area contributed by atoms with Gasteiger partial charge in [-0.1, -0.05) is 75.8 Å². The summed E-state index contributed by atoms with van der Waals surface area (Å²) in [6.07, 6.45) is 14.1. The highest BCUT2D eigenvalue weighted by Gasteiger charge is 2.26. The second-order valence-corrected chi connectivity index (χ2v) is 9.15. The summed E-state index contributed by atoms with van der Waals surface area (Å²) in [4.78, 5) is 15.8. The van der Waals surface area contributed by atoms with Gasteiger partial charge < -0.3 is 14.8 Å². The van der Waals surface area contributed by atoms with E-state index in [1.807, 2.05) is 18.2 Å². The zero-order chi connectivity index (χ0) is 28.1. The summed E-state index contributed by atoms with van der Waals surface area (Å²) in [6, 6.07) is 9.01. The molecule has 0 aliphatic heterocycles. The van der Waals surface area contributed by atoms with Crippen LogP contribution in [-0.4, -0.2) is 47.4 Å². The predicted octanol–water partition coefficient (Wildman–Crippen LogP) is 6.29. The van der Waals surface area contributed by atoms with E-state index in [0.29, 0.717) is 11.4 Å². The van der Waals surface area contributed by atoms with Crippen molar-refractivity contribution in [3.63, 3.8) is 0 Å². The van der Waals surface area contributed by atoms with Crippen molar-refractivity contribution in [3.05, 3.63) is 66.6 Å². The number of anilines is 1. The highest BCUT2D eigenvalue weighted by molar-refractivity contribution is 5.91. The lowest BCUT2D eigenvalue weighted by Crippen LogP contribution is -2.12. The van der Waals surface area contributed by atoms with E-state index in [9.17, 15) is 13.6 Å². The molecule has 0 bridgehead atoms. The van der Waals surface area contributed by atoms with E-state index in [2.05, 4.69) is 32.5 Å². The van der Waals surface area contributed by atoms with Crippen molar-refractivity contribution in [2.24, 2.45) is 0 Å². The average Bonchev–Trinajstić information content (AvgIpc) is 3.68. The Morgan fingerprint density at radius 3 is 2.44 bits per heavy atom. The molecule has 0 saturated carbocycles. The van der Waals surface area contributed by atoms with E-state index < -0.39 is 11.9 Å². The second-order valence-electron chi connectivity index (χ2n) is 9.15. The zero-order valence-electron chi connectivity index (χ0n) is 22.3. The Labute approximate surface area is 226 Å². The van der Waals surface area contributed by atoms with E-state index in [1.54, 1.807) is 18.3 Å². The van der Waals surface area contributed by atoms with Crippen molar-refractivity contribution in [3.8, 4) is 11.3 Å². The third kappa shape index (κ3) is 9.62. The molecule has 0 aliphatic rings. The molecule has 0 radical (unpaired) electrons. The minimum absolute atomic E-state index is 0.0591. The molecule has 12 heteroatoms. The first-order valence-electron chi connectivity index (χ1n) is 13.0. The number of oxazole rings is 1. The summed E-state index contributed by atoms with van der Waals surface area (Å²) >= 11 is 0. The number of aromatic nitrogens is 6. The van der Waals surface area contributed by atoms with Gasteiger partial charge in [-0.05, 0) is 6.42 Å². The highest BCUT2D eigenvalue weighted by Crippen LogP contribution is 2.26. The van der Waals surface area contributed by atoms with E-state index >= 15 is 0 Å². The fourth-order valence-electron chi connectivity index (χ4n) is 3.74. The van der Waals surface area contributed by atoms with E-state index in [1.165, 1.54) is 60.4 Å². The fraction of sp³-hybridized carbons (Fsp3) is 0.444. The lowest BCUT2D eigenvalue weighted by Gasteiger charge is -2.05. The third-order valence-corrected chi connectivity index (χ3v) is 5.84.